The molecule has 142 valence electrons. The Morgan fingerprint density at radius 1 is 1.37 bits per heavy atom. The van der Waals surface area contributed by atoms with E-state index in [1.807, 2.05) is 31.7 Å². The second-order valence-corrected chi connectivity index (χ2v) is 6.80. The number of carbonyl (C=O) groups is 1. The van der Waals surface area contributed by atoms with Gasteiger partial charge in [-0.15, -0.1) is 0 Å². The molecular formula is C19H22ClN5O2. The summed E-state index contributed by atoms with van der Waals surface area (Å²) in [6, 6.07) is 0. The third-order valence-electron chi connectivity index (χ3n) is 4.58. The van der Waals surface area contributed by atoms with Crippen molar-refractivity contribution in [2.75, 3.05) is 24.3 Å². The van der Waals surface area contributed by atoms with Crippen molar-refractivity contribution >= 4 is 29.2 Å². The number of anilines is 2. The molecule has 2 N–H and O–H groups in total. The highest BCUT2D eigenvalue weighted by atomic mass is 35.5. The average Bonchev–Trinajstić information content (AvgIpc) is 2.61. The van der Waals surface area contributed by atoms with Crippen LogP contribution in [0.25, 0.3) is 0 Å². The zero-order valence-electron chi connectivity index (χ0n) is 15.8. The molecule has 0 atom stereocenters. The van der Waals surface area contributed by atoms with Gasteiger partial charge in [0.2, 0.25) is 5.95 Å². The first kappa shape index (κ1) is 19.1. The lowest BCUT2D eigenvalue weighted by Gasteiger charge is -2.31. The maximum absolute atomic E-state index is 12.8. The second kappa shape index (κ2) is 7.52. The zero-order chi connectivity index (χ0) is 19.7. The number of allylic oxidation sites excluding steroid dienone is 1. The molecule has 0 spiro atoms. The van der Waals surface area contributed by atoms with Gasteiger partial charge in [-0.3, -0.25) is 9.78 Å². The molecule has 0 aliphatic carbocycles. The van der Waals surface area contributed by atoms with E-state index >= 15 is 0 Å². The Bertz CT molecular complexity index is 942. The van der Waals surface area contributed by atoms with Crippen LogP contribution >= 0.6 is 11.6 Å². The number of ketones is 1. The molecule has 3 heterocycles. The normalized spacial score (nSPS) is 15.2. The third-order valence-corrected chi connectivity index (χ3v) is 4.86. The lowest BCUT2D eigenvalue weighted by Crippen LogP contribution is -2.36. The van der Waals surface area contributed by atoms with Gasteiger partial charge in [-0.25, -0.2) is 4.98 Å². The van der Waals surface area contributed by atoms with Gasteiger partial charge in [0.05, 0.1) is 19.3 Å². The highest BCUT2D eigenvalue weighted by Gasteiger charge is 2.32. The number of halogens is 1. The number of nitrogens with two attached hydrogens (primary N) is 1. The number of aryl methyl sites for hydroxylation is 1. The molecule has 0 bridgehead atoms. The number of Topliss-reactive ketones (excluding diaryl/α,β-unsaturated/α-hetero) is 1. The van der Waals surface area contributed by atoms with Crippen molar-refractivity contribution in [1.29, 1.82) is 0 Å². The molecule has 27 heavy (non-hydrogen) atoms. The summed E-state index contributed by atoms with van der Waals surface area (Å²) >= 11 is 6.23. The Balaban J connectivity index is 2.10. The van der Waals surface area contributed by atoms with E-state index in [0.29, 0.717) is 24.5 Å². The van der Waals surface area contributed by atoms with Crippen LogP contribution in [0.4, 0.5) is 11.8 Å². The van der Waals surface area contributed by atoms with Crippen LogP contribution in [0.2, 0.25) is 5.15 Å². The monoisotopic (exact) mass is 387 g/mol. The fourth-order valence-electron chi connectivity index (χ4n) is 3.32. The zero-order valence-corrected chi connectivity index (χ0v) is 16.6. The first-order chi connectivity index (χ1) is 12.9. The standard InChI is InChI=1S/C19H22ClN5O2/c1-5-6-12-8-25(9-13-11(3)16(27-4)10(2)7-22-13)18-14(15(12)26)17(20)23-19(21)24-18/h6-7H,5,8-9H2,1-4H3,(H2,21,23,24)/b12-6+. The van der Waals surface area contributed by atoms with E-state index in [1.54, 1.807) is 13.3 Å². The van der Waals surface area contributed by atoms with E-state index in [0.717, 1.165) is 29.0 Å². The topological polar surface area (TPSA) is 94.2 Å². The Kier molecular flexibility index (Phi) is 5.32. The van der Waals surface area contributed by atoms with E-state index in [9.17, 15) is 4.79 Å². The van der Waals surface area contributed by atoms with Gasteiger partial charge >= 0.3 is 0 Å². The molecule has 2 aromatic heterocycles. The molecule has 0 aromatic carbocycles. The van der Waals surface area contributed by atoms with Crippen LogP contribution in [0, 0.1) is 13.8 Å². The number of nitrogens with zero attached hydrogens (tertiary/aromatic N) is 4. The van der Waals surface area contributed by atoms with Gasteiger partial charge in [0, 0.05) is 29.4 Å². The average molecular weight is 388 g/mol. The molecular weight excluding hydrogens is 366 g/mol. The lowest BCUT2D eigenvalue weighted by atomic mass is 9.98. The minimum absolute atomic E-state index is 0.0330. The van der Waals surface area contributed by atoms with Crippen molar-refractivity contribution in [3.63, 3.8) is 0 Å². The second-order valence-electron chi connectivity index (χ2n) is 6.44. The number of pyridine rings is 1. The van der Waals surface area contributed by atoms with Gasteiger partial charge < -0.3 is 15.4 Å². The summed E-state index contributed by atoms with van der Waals surface area (Å²) in [6.45, 7) is 6.75. The molecule has 0 saturated heterocycles. The molecule has 1 aliphatic rings. The Labute approximate surface area is 163 Å². The third kappa shape index (κ3) is 3.47. The summed E-state index contributed by atoms with van der Waals surface area (Å²) in [6.07, 6.45) is 4.43. The quantitative estimate of drug-likeness (QED) is 0.635. The minimum Gasteiger partial charge on any atom is -0.496 e. The van der Waals surface area contributed by atoms with Crippen molar-refractivity contribution in [2.24, 2.45) is 0 Å². The summed E-state index contributed by atoms with van der Waals surface area (Å²) in [4.78, 5) is 27.6. The molecule has 8 heteroatoms. The van der Waals surface area contributed by atoms with Crippen LogP contribution in [0.5, 0.6) is 5.75 Å². The summed E-state index contributed by atoms with van der Waals surface area (Å²) < 4.78 is 5.50. The molecule has 0 saturated carbocycles. The maximum atomic E-state index is 12.8. The largest absolute Gasteiger partial charge is 0.496 e. The van der Waals surface area contributed by atoms with Gasteiger partial charge in [-0.1, -0.05) is 24.6 Å². The molecule has 2 aromatic rings. The number of hydrogen-bond donors (Lipinski definition) is 1. The van der Waals surface area contributed by atoms with Crippen LogP contribution in [0.1, 0.15) is 40.5 Å². The smallest absolute Gasteiger partial charge is 0.223 e. The molecule has 0 amide bonds. The molecule has 0 unspecified atom stereocenters. The number of methoxy groups -OCH3 is 1. The van der Waals surface area contributed by atoms with E-state index in [1.165, 1.54) is 0 Å². The highest BCUT2D eigenvalue weighted by molar-refractivity contribution is 6.35. The number of nitrogen functional groups attached to an aromatic ring is 1. The van der Waals surface area contributed by atoms with Gasteiger partial charge in [0.1, 0.15) is 22.3 Å². The number of aromatic nitrogens is 3. The number of fused-ring (bicyclic) bond motifs is 1. The number of rotatable bonds is 4. The Hall–Kier alpha value is -2.67. The van der Waals surface area contributed by atoms with Crippen LogP contribution in [-0.4, -0.2) is 34.4 Å². The van der Waals surface area contributed by atoms with E-state index in [4.69, 9.17) is 22.1 Å². The van der Waals surface area contributed by atoms with Crippen LogP contribution in [0.3, 0.4) is 0 Å². The number of ether oxygens (including phenoxy) is 1. The molecule has 7 nitrogen and oxygen atoms in total. The van der Waals surface area contributed by atoms with Gasteiger partial charge in [-0.2, -0.15) is 4.98 Å². The van der Waals surface area contributed by atoms with Crippen molar-refractivity contribution < 1.29 is 9.53 Å². The maximum Gasteiger partial charge on any atom is 0.223 e. The summed E-state index contributed by atoms with van der Waals surface area (Å²) in [5.74, 6) is 1.12. The van der Waals surface area contributed by atoms with Crippen LogP contribution in [-0.2, 0) is 6.54 Å². The van der Waals surface area contributed by atoms with Gasteiger partial charge in [-0.05, 0) is 20.3 Å². The van der Waals surface area contributed by atoms with Crippen molar-refractivity contribution in [1.82, 2.24) is 15.0 Å². The summed E-state index contributed by atoms with van der Waals surface area (Å²) in [7, 11) is 1.64. The Morgan fingerprint density at radius 2 is 2.11 bits per heavy atom. The van der Waals surface area contributed by atoms with E-state index in [-0.39, 0.29) is 22.4 Å². The van der Waals surface area contributed by atoms with Gasteiger partial charge in [0.15, 0.2) is 5.78 Å². The predicted octanol–water partition coefficient (Wildman–Crippen LogP) is 3.27. The predicted molar refractivity (Wildman–Crippen MR) is 105 cm³/mol. The van der Waals surface area contributed by atoms with Crippen molar-refractivity contribution in [3.8, 4) is 5.75 Å². The molecule has 3 rings (SSSR count). The Morgan fingerprint density at radius 3 is 2.78 bits per heavy atom. The van der Waals surface area contributed by atoms with Crippen LogP contribution in [0.15, 0.2) is 17.8 Å². The summed E-state index contributed by atoms with van der Waals surface area (Å²) in [5, 5.41) is 0.0698. The number of carbonyl (C=O) groups excluding carboxylic acids is 1. The summed E-state index contributed by atoms with van der Waals surface area (Å²) in [5.41, 5.74) is 9.48. The first-order valence-corrected chi connectivity index (χ1v) is 9.05. The van der Waals surface area contributed by atoms with Crippen molar-refractivity contribution in [3.05, 3.63) is 45.4 Å². The van der Waals surface area contributed by atoms with E-state index in [2.05, 4.69) is 15.0 Å². The van der Waals surface area contributed by atoms with E-state index < -0.39 is 0 Å². The first-order valence-electron chi connectivity index (χ1n) is 8.68. The highest BCUT2D eigenvalue weighted by Crippen LogP contribution is 2.34. The SMILES string of the molecule is CC/C=C1\CN(Cc2ncc(C)c(OC)c2C)c2nc(N)nc(Cl)c2C1=O. The molecule has 1 aliphatic heterocycles. The number of hydrogen-bond acceptors (Lipinski definition) is 7. The molecule has 0 radical (unpaired) electrons. The van der Waals surface area contributed by atoms with Gasteiger partial charge in [0.25, 0.3) is 0 Å². The minimum atomic E-state index is -0.153. The lowest BCUT2D eigenvalue weighted by molar-refractivity contribution is 0.102. The van der Waals surface area contributed by atoms with Crippen LogP contribution < -0.4 is 15.4 Å². The molecule has 0 fully saturated rings. The van der Waals surface area contributed by atoms with Crippen molar-refractivity contribution in [2.45, 2.75) is 33.7 Å². The fourth-order valence-corrected chi connectivity index (χ4v) is 3.58. The fraction of sp³-hybridized carbons (Fsp3) is 0.368.